The summed E-state index contributed by atoms with van der Waals surface area (Å²) >= 11 is 13.9. The van der Waals surface area contributed by atoms with Crippen LogP contribution in [0.25, 0.3) is 33.4 Å². The molecule has 0 unspecified atom stereocenters. The number of ether oxygens (including phenoxy) is 1. The Balaban J connectivity index is 2.03. The number of carbonyl (C=O) groups is 1. The number of halogens is 4. The monoisotopic (exact) mass is 713 g/mol. The molecule has 2 aromatic carbocycles. The molecule has 0 bridgehead atoms. The maximum Gasteiger partial charge on any atom is 0.412 e. The molecule has 0 radical (unpaired) electrons. The van der Waals surface area contributed by atoms with Crippen LogP contribution in [0.3, 0.4) is 0 Å². The van der Waals surface area contributed by atoms with Gasteiger partial charge in [0, 0.05) is 23.1 Å². The van der Waals surface area contributed by atoms with Gasteiger partial charge in [0.2, 0.25) is 5.43 Å². The Morgan fingerprint density at radius 3 is 2.47 bits per heavy atom. The molecule has 9 heteroatoms. The molecule has 34 heavy (non-hydrogen) atoms. The molecule has 2 aromatic rings. The first-order valence-corrected chi connectivity index (χ1v) is 13.7. The third kappa shape index (κ3) is 4.72. The Morgan fingerprint density at radius 1 is 1.03 bits per heavy atom. The van der Waals surface area contributed by atoms with Crippen molar-refractivity contribution in [2.75, 3.05) is 6.54 Å². The summed E-state index contributed by atoms with van der Waals surface area (Å²) in [5.41, 5.74) is 3.97. The van der Waals surface area contributed by atoms with Gasteiger partial charge in [0.25, 0.3) is 0 Å². The molecule has 0 saturated heterocycles. The Bertz CT molecular complexity index is 1450. The van der Waals surface area contributed by atoms with Crippen LogP contribution in [0.1, 0.15) is 25.3 Å². The normalized spacial score (nSPS) is 11.2. The van der Waals surface area contributed by atoms with Gasteiger partial charge in [-0.1, -0.05) is 37.6 Å². The van der Waals surface area contributed by atoms with E-state index in [0.29, 0.717) is 35.8 Å². The summed E-state index contributed by atoms with van der Waals surface area (Å²) in [6, 6.07) is 11.7. The first-order chi connectivity index (χ1) is 16.2. The predicted octanol–water partition coefficient (Wildman–Crippen LogP) is 8.81. The summed E-state index contributed by atoms with van der Waals surface area (Å²) in [5, 5.41) is 3.53. The number of amides is 1. The van der Waals surface area contributed by atoms with E-state index in [0.717, 1.165) is 40.5 Å². The van der Waals surface area contributed by atoms with E-state index in [4.69, 9.17) is 9.15 Å². The Hall–Kier alpha value is -1.68. The number of carbonyl (C=O) groups excluding carboxylic acids is 1. The smallest absolute Gasteiger partial charge is 0.412 e. The van der Waals surface area contributed by atoms with Gasteiger partial charge in [0.15, 0.2) is 17.1 Å². The lowest BCUT2D eigenvalue weighted by Crippen LogP contribution is -2.27. The van der Waals surface area contributed by atoms with Crippen molar-refractivity contribution in [3.05, 3.63) is 70.1 Å². The van der Waals surface area contributed by atoms with Gasteiger partial charge < -0.3 is 14.5 Å². The Labute approximate surface area is 230 Å². The number of fused-ring (bicyclic) bond motifs is 2. The van der Waals surface area contributed by atoms with Crippen molar-refractivity contribution < 1.29 is 13.9 Å². The van der Waals surface area contributed by atoms with Gasteiger partial charge in [0.1, 0.15) is 8.95 Å². The van der Waals surface area contributed by atoms with Gasteiger partial charge in [-0.05, 0) is 100 Å². The average Bonchev–Trinajstić information content (AvgIpc) is 2.80. The topological polar surface area (TPSA) is 68.5 Å². The fraction of sp³-hybridized carbons (Fsp3) is 0.200. The number of aryl methyl sites for hydroxylation is 1. The number of hydrogen-bond donors (Lipinski definition) is 1. The minimum atomic E-state index is -0.555. The van der Waals surface area contributed by atoms with Crippen LogP contribution in [0.15, 0.2) is 63.5 Å². The SMILES string of the molecule is CCCCNC(=O)Oc1c(Br)cc2c(-c3ccccc3C)c3cc(Br)c(=O)c(Br)c-3oc2c1Br. The molecule has 4 rings (SSSR count). The van der Waals surface area contributed by atoms with E-state index in [-0.39, 0.29) is 11.2 Å². The molecular weight excluding hydrogens is 698 g/mol. The number of benzene rings is 3. The molecule has 0 fully saturated rings. The van der Waals surface area contributed by atoms with Crippen LogP contribution in [0.2, 0.25) is 0 Å². The molecule has 0 atom stereocenters. The van der Waals surface area contributed by atoms with Crippen molar-refractivity contribution in [3.63, 3.8) is 0 Å². The standard InChI is InChI=1S/C25H19Br4NO4/c1-3-4-9-30-25(32)34-24-17(27)11-15-18(13-8-6-5-7-12(13)2)14-10-16(26)21(31)19(28)22(14)33-23(15)20(24)29/h5-8,10-11H,3-4,9H2,1-2H3,(H,30,32). The van der Waals surface area contributed by atoms with Crippen molar-refractivity contribution in [2.24, 2.45) is 0 Å². The maximum atomic E-state index is 12.7. The first kappa shape index (κ1) is 25.4. The molecule has 5 nitrogen and oxygen atoms in total. The van der Waals surface area contributed by atoms with Crippen LogP contribution in [-0.4, -0.2) is 12.6 Å². The van der Waals surface area contributed by atoms with Gasteiger partial charge in [-0.15, -0.1) is 0 Å². The van der Waals surface area contributed by atoms with E-state index in [9.17, 15) is 9.59 Å². The van der Waals surface area contributed by atoms with Crippen LogP contribution in [0.5, 0.6) is 5.75 Å². The number of unbranched alkanes of at least 4 members (excludes halogenated alkanes) is 1. The van der Waals surface area contributed by atoms with Crippen LogP contribution in [-0.2, 0) is 0 Å². The second-order valence-electron chi connectivity index (χ2n) is 7.72. The van der Waals surface area contributed by atoms with Crippen molar-refractivity contribution in [1.82, 2.24) is 5.32 Å². The van der Waals surface area contributed by atoms with Crippen LogP contribution < -0.4 is 15.5 Å². The zero-order chi connectivity index (χ0) is 24.6. The minimum Gasteiger partial charge on any atom is -0.453 e. The first-order valence-electron chi connectivity index (χ1n) is 10.5. The second-order valence-corrected chi connectivity index (χ2v) is 11.0. The van der Waals surface area contributed by atoms with Gasteiger partial charge in [-0.25, -0.2) is 4.79 Å². The second kappa shape index (κ2) is 10.5. The fourth-order valence-corrected chi connectivity index (χ4v) is 6.28. The van der Waals surface area contributed by atoms with Gasteiger partial charge in [-0.2, -0.15) is 0 Å². The van der Waals surface area contributed by atoms with E-state index >= 15 is 0 Å². The van der Waals surface area contributed by atoms with Crippen molar-refractivity contribution in [3.8, 4) is 28.2 Å². The van der Waals surface area contributed by atoms with Crippen molar-refractivity contribution >= 4 is 80.8 Å². The quantitative estimate of drug-likeness (QED) is 0.166. The third-order valence-electron chi connectivity index (χ3n) is 5.41. The summed E-state index contributed by atoms with van der Waals surface area (Å²) in [6.07, 6.45) is 1.27. The highest BCUT2D eigenvalue weighted by molar-refractivity contribution is 9.11. The largest absolute Gasteiger partial charge is 0.453 e. The van der Waals surface area contributed by atoms with E-state index in [1.54, 1.807) is 6.07 Å². The molecule has 0 spiro atoms. The number of rotatable bonds is 5. The van der Waals surface area contributed by atoms with Gasteiger partial charge >= 0.3 is 6.09 Å². The molecule has 0 aromatic heterocycles. The Kier molecular flexibility index (Phi) is 7.86. The van der Waals surface area contributed by atoms with Gasteiger partial charge in [-0.3, -0.25) is 4.79 Å². The van der Waals surface area contributed by atoms with Crippen molar-refractivity contribution in [1.29, 1.82) is 0 Å². The molecule has 176 valence electrons. The summed E-state index contributed by atoms with van der Waals surface area (Å²) in [5.74, 6) is 0.691. The fourth-order valence-electron chi connectivity index (χ4n) is 3.72. The van der Waals surface area contributed by atoms with E-state index < -0.39 is 6.09 Å². The highest BCUT2D eigenvalue weighted by Gasteiger charge is 2.27. The minimum absolute atomic E-state index is 0.216. The lowest BCUT2D eigenvalue weighted by atomic mass is 9.91. The van der Waals surface area contributed by atoms with E-state index in [1.807, 2.05) is 44.2 Å². The summed E-state index contributed by atoms with van der Waals surface area (Å²) in [7, 11) is 0. The number of nitrogens with one attached hydrogen (secondary N) is 1. The van der Waals surface area contributed by atoms with Crippen molar-refractivity contribution in [2.45, 2.75) is 26.7 Å². The molecule has 1 aliphatic carbocycles. The number of hydrogen-bond acceptors (Lipinski definition) is 4. The van der Waals surface area contributed by atoms with E-state index in [1.165, 1.54) is 0 Å². The molecule has 1 amide bonds. The molecule has 1 aliphatic heterocycles. The maximum absolute atomic E-state index is 12.7. The van der Waals surface area contributed by atoms with E-state index in [2.05, 4.69) is 69.0 Å². The highest BCUT2D eigenvalue weighted by Crippen LogP contribution is 2.49. The summed E-state index contributed by atoms with van der Waals surface area (Å²) in [4.78, 5) is 25.0. The predicted molar refractivity (Wildman–Crippen MR) is 149 cm³/mol. The lowest BCUT2D eigenvalue weighted by molar-refractivity contribution is 0.200. The summed E-state index contributed by atoms with van der Waals surface area (Å²) < 4.78 is 13.7. The molecule has 1 N–H and O–H groups in total. The zero-order valence-electron chi connectivity index (χ0n) is 18.2. The van der Waals surface area contributed by atoms with Crippen LogP contribution in [0.4, 0.5) is 4.79 Å². The zero-order valence-corrected chi connectivity index (χ0v) is 24.6. The Morgan fingerprint density at radius 2 is 1.76 bits per heavy atom. The molecule has 2 aliphatic rings. The van der Waals surface area contributed by atoms with Crippen LogP contribution in [0, 0.1) is 6.92 Å². The van der Waals surface area contributed by atoms with Crippen LogP contribution >= 0.6 is 63.7 Å². The molecule has 1 heterocycles. The summed E-state index contributed by atoms with van der Waals surface area (Å²) in [6.45, 7) is 4.61. The lowest BCUT2D eigenvalue weighted by Gasteiger charge is -2.20. The molecule has 0 saturated carbocycles. The third-order valence-corrected chi connectivity index (χ3v) is 8.03. The average molecular weight is 717 g/mol. The molecular formula is C25H19Br4NO4. The highest BCUT2D eigenvalue weighted by atomic mass is 79.9. The van der Waals surface area contributed by atoms with Gasteiger partial charge in [0.05, 0.1) is 8.95 Å².